The van der Waals surface area contributed by atoms with Gasteiger partial charge in [0.15, 0.2) is 0 Å². The molecule has 0 saturated heterocycles. The fourth-order valence-electron chi connectivity index (χ4n) is 1.36. The van der Waals surface area contributed by atoms with Crippen molar-refractivity contribution in [3.8, 4) is 0 Å². The maximum atomic E-state index is 12.4. The molecule has 0 aliphatic heterocycles. The molecule has 0 aliphatic rings. The molecular weight excluding hydrogens is 235 g/mol. The van der Waals surface area contributed by atoms with Crippen LogP contribution in [0.2, 0.25) is 0 Å². The Labute approximate surface area is 96.8 Å². The van der Waals surface area contributed by atoms with Crippen molar-refractivity contribution in [2.75, 3.05) is 23.4 Å². The lowest BCUT2D eigenvalue weighted by Crippen LogP contribution is -2.35. The van der Waals surface area contributed by atoms with E-state index in [0.717, 1.165) is 4.90 Å². The summed E-state index contributed by atoms with van der Waals surface area (Å²) in [6.07, 6.45) is -2.32. The highest BCUT2D eigenvalue weighted by molar-refractivity contribution is 5.42. The molecule has 96 valence electrons. The molecule has 0 radical (unpaired) electrons. The van der Waals surface area contributed by atoms with Crippen molar-refractivity contribution in [3.63, 3.8) is 0 Å². The average Bonchev–Trinajstić information content (AvgIpc) is 2.27. The minimum Gasteiger partial charge on any atom is -0.347 e. The summed E-state index contributed by atoms with van der Waals surface area (Å²) in [5, 5.41) is 0. The maximum absolute atomic E-state index is 12.4. The van der Waals surface area contributed by atoms with Crippen molar-refractivity contribution < 1.29 is 13.2 Å². The average molecular weight is 249 g/mol. The van der Waals surface area contributed by atoms with Gasteiger partial charge in [0.05, 0.1) is 0 Å². The van der Waals surface area contributed by atoms with E-state index in [9.17, 15) is 13.2 Å². The Kier molecular flexibility index (Phi) is 4.50. The van der Waals surface area contributed by atoms with Gasteiger partial charge < -0.3 is 4.90 Å². The van der Waals surface area contributed by atoms with Crippen LogP contribution in [-0.2, 0) is 0 Å². The summed E-state index contributed by atoms with van der Waals surface area (Å²) in [6, 6.07) is 1.42. The predicted molar refractivity (Wildman–Crippen MR) is 58.4 cm³/mol. The van der Waals surface area contributed by atoms with Gasteiger partial charge in [0.1, 0.15) is 12.4 Å². The standard InChI is InChI=1S/C9H14F3N5/c1-2-5-17(6-9(10,11)12)7-3-4-14-8(15-7)16-13/h3-4H,2,5-6,13H2,1H3,(H,14,15,16). The molecule has 0 bridgehead atoms. The third-order valence-electron chi connectivity index (χ3n) is 1.96. The van der Waals surface area contributed by atoms with Crippen molar-refractivity contribution in [3.05, 3.63) is 12.3 Å². The molecule has 0 aromatic carbocycles. The molecule has 3 N–H and O–H groups in total. The second-order valence-electron chi connectivity index (χ2n) is 3.42. The molecule has 8 heteroatoms. The number of nitrogens with zero attached hydrogens (tertiary/aromatic N) is 3. The molecule has 5 nitrogen and oxygen atoms in total. The van der Waals surface area contributed by atoms with E-state index < -0.39 is 12.7 Å². The molecule has 0 amide bonds. The summed E-state index contributed by atoms with van der Waals surface area (Å²) in [5.74, 6) is 5.39. The summed E-state index contributed by atoms with van der Waals surface area (Å²) >= 11 is 0. The number of alkyl halides is 3. The Balaban J connectivity index is 2.88. The van der Waals surface area contributed by atoms with E-state index in [0.29, 0.717) is 6.42 Å². The normalized spacial score (nSPS) is 11.4. The number of hydrogen-bond donors (Lipinski definition) is 2. The van der Waals surface area contributed by atoms with Gasteiger partial charge in [-0.05, 0) is 12.5 Å². The van der Waals surface area contributed by atoms with E-state index in [4.69, 9.17) is 5.84 Å². The molecule has 1 heterocycles. The van der Waals surface area contributed by atoms with Crippen LogP contribution in [0.1, 0.15) is 13.3 Å². The van der Waals surface area contributed by atoms with Gasteiger partial charge in [-0.2, -0.15) is 18.2 Å². The van der Waals surface area contributed by atoms with E-state index in [-0.39, 0.29) is 18.3 Å². The maximum Gasteiger partial charge on any atom is 0.405 e. The molecule has 0 aliphatic carbocycles. The number of rotatable bonds is 5. The van der Waals surface area contributed by atoms with Crippen molar-refractivity contribution >= 4 is 11.8 Å². The van der Waals surface area contributed by atoms with E-state index in [1.54, 1.807) is 6.92 Å². The molecule has 1 aromatic rings. The second-order valence-corrected chi connectivity index (χ2v) is 3.42. The van der Waals surface area contributed by atoms with Crippen LogP contribution in [0.3, 0.4) is 0 Å². The molecule has 1 aromatic heterocycles. The Bertz CT molecular complexity index is 355. The number of anilines is 2. The van der Waals surface area contributed by atoms with Crippen molar-refractivity contribution in [2.24, 2.45) is 5.84 Å². The first-order chi connectivity index (χ1) is 7.96. The third kappa shape index (κ3) is 4.43. The van der Waals surface area contributed by atoms with Crippen LogP contribution in [0.15, 0.2) is 12.3 Å². The molecule has 17 heavy (non-hydrogen) atoms. The molecule has 0 spiro atoms. The van der Waals surface area contributed by atoms with Crippen molar-refractivity contribution in [1.29, 1.82) is 0 Å². The van der Waals surface area contributed by atoms with Crippen molar-refractivity contribution in [1.82, 2.24) is 9.97 Å². The highest BCUT2D eigenvalue weighted by Gasteiger charge is 2.31. The van der Waals surface area contributed by atoms with E-state index in [2.05, 4.69) is 15.4 Å². The second kappa shape index (κ2) is 5.67. The van der Waals surface area contributed by atoms with Gasteiger partial charge >= 0.3 is 6.18 Å². The molecule has 0 atom stereocenters. The highest BCUT2D eigenvalue weighted by Crippen LogP contribution is 2.21. The Morgan fingerprint density at radius 3 is 2.71 bits per heavy atom. The molecular formula is C9H14F3N5. The van der Waals surface area contributed by atoms with Gasteiger partial charge in [-0.15, -0.1) is 0 Å². The van der Waals surface area contributed by atoms with Crippen LogP contribution >= 0.6 is 0 Å². The Hall–Kier alpha value is -1.57. The van der Waals surface area contributed by atoms with Crippen LogP contribution in [0.25, 0.3) is 0 Å². The van der Waals surface area contributed by atoms with Crippen LogP contribution in [0.5, 0.6) is 0 Å². The molecule has 0 unspecified atom stereocenters. The van der Waals surface area contributed by atoms with Crippen LogP contribution in [-0.4, -0.2) is 29.2 Å². The fraction of sp³-hybridized carbons (Fsp3) is 0.556. The van der Waals surface area contributed by atoms with Gasteiger partial charge in [0.25, 0.3) is 0 Å². The Morgan fingerprint density at radius 1 is 1.47 bits per heavy atom. The monoisotopic (exact) mass is 249 g/mol. The van der Waals surface area contributed by atoms with Gasteiger partial charge in [0, 0.05) is 12.7 Å². The molecule has 1 rings (SSSR count). The number of nitrogens with one attached hydrogen (secondary N) is 1. The number of aromatic nitrogens is 2. The van der Waals surface area contributed by atoms with Crippen LogP contribution in [0.4, 0.5) is 24.9 Å². The lowest BCUT2D eigenvalue weighted by atomic mass is 10.4. The zero-order valence-corrected chi connectivity index (χ0v) is 9.33. The lowest BCUT2D eigenvalue weighted by molar-refractivity contribution is -0.119. The fourth-order valence-corrected chi connectivity index (χ4v) is 1.36. The summed E-state index contributed by atoms with van der Waals surface area (Å²) in [7, 11) is 0. The number of halogens is 3. The predicted octanol–water partition coefficient (Wildman–Crippen LogP) is 1.54. The zero-order valence-electron chi connectivity index (χ0n) is 9.33. The van der Waals surface area contributed by atoms with Gasteiger partial charge in [0.2, 0.25) is 5.95 Å². The summed E-state index contributed by atoms with van der Waals surface area (Å²) in [6.45, 7) is 1.02. The summed E-state index contributed by atoms with van der Waals surface area (Å²) in [4.78, 5) is 8.76. The summed E-state index contributed by atoms with van der Waals surface area (Å²) in [5.41, 5.74) is 2.20. The van der Waals surface area contributed by atoms with Crippen LogP contribution in [0, 0.1) is 0 Å². The first-order valence-electron chi connectivity index (χ1n) is 5.07. The quantitative estimate of drug-likeness (QED) is 0.612. The third-order valence-corrected chi connectivity index (χ3v) is 1.96. The topological polar surface area (TPSA) is 67.1 Å². The van der Waals surface area contributed by atoms with Crippen molar-refractivity contribution in [2.45, 2.75) is 19.5 Å². The number of hydrogen-bond acceptors (Lipinski definition) is 5. The number of nitrogens with two attached hydrogens (primary N) is 1. The van der Waals surface area contributed by atoms with Gasteiger partial charge in [-0.25, -0.2) is 10.8 Å². The van der Waals surface area contributed by atoms with Crippen LogP contribution < -0.4 is 16.2 Å². The van der Waals surface area contributed by atoms with Gasteiger partial charge in [-0.3, -0.25) is 5.43 Å². The van der Waals surface area contributed by atoms with Gasteiger partial charge in [-0.1, -0.05) is 6.92 Å². The first kappa shape index (κ1) is 13.5. The zero-order chi connectivity index (χ0) is 12.9. The first-order valence-corrected chi connectivity index (χ1v) is 5.07. The smallest absolute Gasteiger partial charge is 0.347 e. The molecule has 0 saturated carbocycles. The van der Waals surface area contributed by atoms with E-state index >= 15 is 0 Å². The largest absolute Gasteiger partial charge is 0.405 e. The minimum absolute atomic E-state index is 0.0887. The van der Waals surface area contributed by atoms with E-state index in [1.807, 2.05) is 0 Å². The Morgan fingerprint density at radius 2 is 2.18 bits per heavy atom. The number of hydrazine groups is 1. The minimum atomic E-state index is -4.27. The summed E-state index contributed by atoms with van der Waals surface area (Å²) < 4.78 is 37.1. The van der Waals surface area contributed by atoms with E-state index in [1.165, 1.54) is 12.3 Å². The highest BCUT2D eigenvalue weighted by atomic mass is 19.4. The molecule has 0 fully saturated rings. The lowest BCUT2D eigenvalue weighted by Gasteiger charge is -2.24. The SMILES string of the molecule is CCCN(CC(F)(F)F)c1ccnc(NN)n1. The number of nitrogen functional groups attached to an aromatic ring is 1.